The van der Waals surface area contributed by atoms with Gasteiger partial charge in [-0.15, -0.1) is 0 Å². The number of aryl methyl sites for hydroxylation is 1. The van der Waals surface area contributed by atoms with Crippen LogP contribution in [0.15, 0.2) is 42.7 Å². The molecule has 1 aromatic heterocycles. The third-order valence-corrected chi connectivity index (χ3v) is 2.63. The quantitative estimate of drug-likeness (QED) is 0.926. The van der Waals surface area contributed by atoms with Crippen molar-refractivity contribution in [1.29, 1.82) is 0 Å². The Morgan fingerprint density at radius 1 is 1.25 bits per heavy atom. The summed E-state index contributed by atoms with van der Waals surface area (Å²) in [6.07, 6.45) is 3.38. The second-order valence-electron chi connectivity index (χ2n) is 4.87. The molecule has 4 nitrogen and oxygen atoms in total. The molecule has 1 N–H and O–H groups in total. The zero-order valence-corrected chi connectivity index (χ0v) is 11.9. The fraction of sp³-hybridized carbons (Fsp3) is 0.250. The molecule has 1 amide bonds. The van der Waals surface area contributed by atoms with E-state index in [9.17, 15) is 4.79 Å². The van der Waals surface area contributed by atoms with Gasteiger partial charge in [-0.25, -0.2) is 0 Å². The molecule has 20 heavy (non-hydrogen) atoms. The van der Waals surface area contributed by atoms with Crippen LogP contribution in [0.5, 0.6) is 5.75 Å². The number of carbonyl (C=O) groups is 1. The summed E-state index contributed by atoms with van der Waals surface area (Å²) in [7, 11) is 0. The molecule has 0 aliphatic heterocycles. The minimum Gasteiger partial charge on any atom is -0.490 e. The molecule has 0 aliphatic rings. The van der Waals surface area contributed by atoms with Gasteiger partial charge in [0.25, 0.3) is 5.91 Å². The van der Waals surface area contributed by atoms with E-state index in [0.29, 0.717) is 17.0 Å². The summed E-state index contributed by atoms with van der Waals surface area (Å²) in [6.45, 7) is 5.79. The van der Waals surface area contributed by atoms with Gasteiger partial charge in [-0.2, -0.15) is 0 Å². The Kier molecular flexibility index (Phi) is 4.35. The number of aromatic nitrogens is 1. The van der Waals surface area contributed by atoms with Crippen molar-refractivity contribution in [2.45, 2.75) is 26.9 Å². The molecule has 1 heterocycles. The number of para-hydroxylation sites is 1. The molecular formula is C16H18N2O2. The first-order valence-corrected chi connectivity index (χ1v) is 6.55. The minimum absolute atomic E-state index is 0.0181. The molecule has 0 spiro atoms. The largest absolute Gasteiger partial charge is 0.490 e. The fourth-order valence-corrected chi connectivity index (χ4v) is 1.83. The first-order chi connectivity index (χ1) is 9.56. The minimum atomic E-state index is -0.200. The van der Waals surface area contributed by atoms with E-state index in [-0.39, 0.29) is 12.0 Å². The van der Waals surface area contributed by atoms with Gasteiger partial charge in [-0.3, -0.25) is 9.78 Å². The third-order valence-electron chi connectivity index (χ3n) is 2.63. The van der Waals surface area contributed by atoms with E-state index in [4.69, 9.17) is 4.74 Å². The molecule has 2 rings (SSSR count). The van der Waals surface area contributed by atoms with Gasteiger partial charge >= 0.3 is 0 Å². The van der Waals surface area contributed by atoms with Gasteiger partial charge in [0, 0.05) is 6.20 Å². The average molecular weight is 270 g/mol. The van der Waals surface area contributed by atoms with Crippen LogP contribution in [0.2, 0.25) is 0 Å². The Morgan fingerprint density at radius 2 is 2.00 bits per heavy atom. The van der Waals surface area contributed by atoms with Gasteiger partial charge < -0.3 is 10.1 Å². The van der Waals surface area contributed by atoms with Crippen LogP contribution in [0.3, 0.4) is 0 Å². The molecule has 4 heteroatoms. The topological polar surface area (TPSA) is 51.2 Å². The molecule has 0 aliphatic carbocycles. The lowest BCUT2D eigenvalue weighted by Crippen LogP contribution is -2.15. The van der Waals surface area contributed by atoms with Crippen molar-refractivity contribution in [3.8, 4) is 5.75 Å². The van der Waals surface area contributed by atoms with E-state index < -0.39 is 0 Å². The number of nitrogens with one attached hydrogen (secondary N) is 1. The third kappa shape index (κ3) is 3.57. The number of nitrogens with zero attached hydrogens (tertiary/aromatic N) is 1. The second kappa shape index (κ2) is 6.19. The Labute approximate surface area is 118 Å². The molecule has 0 saturated heterocycles. The lowest BCUT2D eigenvalue weighted by Gasteiger charge is -2.14. The van der Waals surface area contributed by atoms with E-state index in [2.05, 4.69) is 10.3 Å². The number of carbonyl (C=O) groups excluding carboxylic acids is 1. The van der Waals surface area contributed by atoms with E-state index in [1.54, 1.807) is 24.5 Å². The monoisotopic (exact) mass is 270 g/mol. The summed E-state index contributed by atoms with van der Waals surface area (Å²) < 4.78 is 5.65. The summed E-state index contributed by atoms with van der Waals surface area (Å²) in [5, 5.41) is 2.83. The molecule has 0 fully saturated rings. The van der Waals surface area contributed by atoms with Gasteiger partial charge in [-0.1, -0.05) is 12.1 Å². The number of anilines is 1. The van der Waals surface area contributed by atoms with Crippen LogP contribution in [0.1, 0.15) is 29.8 Å². The molecule has 1 aromatic carbocycles. The Morgan fingerprint density at radius 3 is 2.70 bits per heavy atom. The maximum absolute atomic E-state index is 12.3. The number of benzene rings is 1. The second-order valence-corrected chi connectivity index (χ2v) is 4.87. The average Bonchev–Trinajstić information content (AvgIpc) is 2.38. The maximum Gasteiger partial charge on any atom is 0.259 e. The van der Waals surface area contributed by atoms with Crippen molar-refractivity contribution in [3.05, 3.63) is 53.9 Å². The Bertz CT molecular complexity index is 609. The summed E-state index contributed by atoms with van der Waals surface area (Å²) in [4.78, 5) is 16.4. The van der Waals surface area contributed by atoms with E-state index >= 15 is 0 Å². The summed E-state index contributed by atoms with van der Waals surface area (Å²) in [5.74, 6) is 0.384. The molecule has 0 radical (unpaired) electrons. The van der Waals surface area contributed by atoms with Gasteiger partial charge in [0.05, 0.1) is 23.6 Å². The summed E-state index contributed by atoms with van der Waals surface area (Å²) >= 11 is 0. The fourth-order valence-electron chi connectivity index (χ4n) is 1.83. The van der Waals surface area contributed by atoms with Crippen LogP contribution < -0.4 is 10.1 Å². The van der Waals surface area contributed by atoms with Crippen LogP contribution in [0, 0.1) is 6.92 Å². The molecule has 0 unspecified atom stereocenters. The van der Waals surface area contributed by atoms with E-state index in [1.165, 1.54) is 0 Å². The number of pyridine rings is 1. The SMILES string of the molecule is Cc1cncc(NC(=O)c2ccccc2OC(C)C)c1. The molecular weight excluding hydrogens is 252 g/mol. The molecule has 104 valence electrons. The highest BCUT2D eigenvalue weighted by molar-refractivity contribution is 6.06. The van der Waals surface area contributed by atoms with Crippen LogP contribution in [-0.4, -0.2) is 17.0 Å². The zero-order valence-electron chi connectivity index (χ0n) is 11.9. The van der Waals surface area contributed by atoms with Crippen molar-refractivity contribution in [2.24, 2.45) is 0 Å². The van der Waals surface area contributed by atoms with Crippen LogP contribution >= 0.6 is 0 Å². The molecule has 0 bridgehead atoms. The van der Waals surface area contributed by atoms with E-state index in [1.807, 2.05) is 39.0 Å². The first-order valence-electron chi connectivity index (χ1n) is 6.55. The normalized spacial score (nSPS) is 10.4. The van der Waals surface area contributed by atoms with Crippen molar-refractivity contribution in [3.63, 3.8) is 0 Å². The highest BCUT2D eigenvalue weighted by atomic mass is 16.5. The summed E-state index contributed by atoms with van der Waals surface area (Å²) in [6, 6.07) is 9.08. The lowest BCUT2D eigenvalue weighted by atomic mass is 10.2. The highest BCUT2D eigenvalue weighted by Crippen LogP contribution is 2.21. The number of rotatable bonds is 4. The highest BCUT2D eigenvalue weighted by Gasteiger charge is 2.13. The van der Waals surface area contributed by atoms with Gasteiger partial charge in [0.2, 0.25) is 0 Å². The number of ether oxygens (including phenoxy) is 1. The molecule has 2 aromatic rings. The van der Waals surface area contributed by atoms with Crippen molar-refractivity contribution >= 4 is 11.6 Å². The predicted molar refractivity (Wildman–Crippen MR) is 79.1 cm³/mol. The van der Waals surface area contributed by atoms with Crippen molar-refractivity contribution in [1.82, 2.24) is 4.98 Å². The van der Waals surface area contributed by atoms with Crippen LogP contribution in [-0.2, 0) is 0 Å². The maximum atomic E-state index is 12.3. The van der Waals surface area contributed by atoms with Gasteiger partial charge in [0.15, 0.2) is 0 Å². The molecule has 0 saturated carbocycles. The lowest BCUT2D eigenvalue weighted by molar-refractivity contribution is 0.102. The van der Waals surface area contributed by atoms with Gasteiger partial charge in [0.1, 0.15) is 5.75 Å². The Balaban J connectivity index is 2.21. The summed E-state index contributed by atoms with van der Waals surface area (Å²) in [5.41, 5.74) is 2.19. The number of hydrogen-bond donors (Lipinski definition) is 1. The number of amides is 1. The number of hydrogen-bond acceptors (Lipinski definition) is 3. The predicted octanol–water partition coefficient (Wildman–Crippen LogP) is 3.43. The van der Waals surface area contributed by atoms with Gasteiger partial charge in [-0.05, 0) is 44.5 Å². The first kappa shape index (κ1) is 14.1. The van der Waals surface area contributed by atoms with Crippen molar-refractivity contribution < 1.29 is 9.53 Å². The zero-order chi connectivity index (χ0) is 14.5. The van der Waals surface area contributed by atoms with Crippen LogP contribution in [0.4, 0.5) is 5.69 Å². The smallest absolute Gasteiger partial charge is 0.259 e. The van der Waals surface area contributed by atoms with Crippen molar-refractivity contribution in [2.75, 3.05) is 5.32 Å². The van der Waals surface area contributed by atoms with Crippen LogP contribution in [0.25, 0.3) is 0 Å². The van der Waals surface area contributed by atoms with E-state index in [0.717, 1.165) is 5.56 Å². The molecule has 0 atom stereocenters. The standard InChI is InChI=1S/C16H18N2O2/c1-11(2)20-15-7-5-4-6-14(15)16(19)18-13-8-12(3)9-17-10-13/h4-11H,1-3H3,(H,18,19). The Hall–Kier alpha value is -2.36.